The molecule has 1 rings (SSSR count). The van der Waals surface area contributed by atoms with Gasteiger partial charge in [-0.25, -0.2) is 0 Å². The quantitative estimate of drug-likeness (QED) is 0.440. The lowest BCUT2D eigenvalue weighted by Crippen LogP contribution is -2.47. The molecule has 6 heteroatoms. The predicted molar refractivity (Wildman–Crippen MR) is 90.0 cm³/mol. The van der Waals surface area contributed by atoms with Crippen LogP contribution in [0, 0.1) is 5.92 Å². The normalized spacial score (nSPS) is 17.1. The number of likely N-dealkylation sites (tertiary alicyclic amines) is 1. The molecule has 0 radical (unpaired) electrons. The number of aliphatic imine (C=N–C) groups is 1. The lowest BCUT2D eigenvalue weighted by atomic mass is 10.1. The standard InChI is InChI=1S/C13H26N4O.HI/c1-10(2)11(3)16-13(14-4)15-9-12(18)17-7-5-6-8-17;/h10-11H,5-9H2,1-4H3,(H2,14,15,16);1H. The average Bonchev–Trinajstić information content (AvgIpc) is 2.87. The zero-order valence-electron chi connectivity index (χ0n) is 12.4. The Balaban J connectivity index is 0.00000324. The van der Waals surface area contributed by atoms with E-state index in [0.29, 0.717) is 24.5 Å². The summed E-state index contributed by atoms with van der Waals surface area (Å²) in [6.07, 6.45) is 2.26. The third kappa shape index (κ3) is 6.44. The summed E-state index contributed by atoms with van der Waals surface area (Å²) in [6, 6.07) is 0.332. The molecule has 0 aromatic rings. The van der Waals surface area contributed by atoms with Gasteiger partial charge in [0.25, 0.3) is 0 Å². The molecule has 0 aromatic carbocycles. The predicted octanol–water partition coefficient (Wildman–Crippen LogP) is 1.44. The van der Waals surface area contributed by atoms with Gasteiger partial charge in [-0.1, -0.05) is 13.8 Å². The first-order chi connectivity index (χ1) is 8.54. The third-order valence-electron chi connectivity index (χ3n) is 3.45. The molecule has 1 heterocycles. The Hall–Kier alpha value is -0.530. The van der Waals surface area contributed by atoms with Gasteiger partial charge in [-0.15, -0.1) is 24.0 Å². The van der Waals surface area contributed by atoms with Gasteiger partial charge in [0.1, 0.15) is 0 Å². The fourth-order valence-corrected chi connectivity index (χ4v) is 1.81. The van der Waals surface area contributed by atoms with E-state index >= 15 is 0 Å². The van der Waals surface area contributed by atoms with Crippen molar-refractivity contribution in [1.82, 2.24) is 15.5 Å². The van der Waals surface area contributed by atoms with E-state index in [-0.39, 0.29) is 29.9 Å². The van der Waals surface area contributed by atoms with Crippen LogP contribution in [-0.2, 0) is 4.79 Å². The summed E-state index contributed by atoms with van der Waals surface area (Å²) in [5.41, 5.74) is 0. The van der Waals surface area contributed by atoms with E-state index in [1.807, 2.05) is 4.90 Å². The number of hydrogen-bond donors (Lipinski definition) is 2. The summed E-state index contributed by atoms with van der Waals surface area (Å²) < 4.78 is 0. The van der Waals surface area contributed by atoms with Crippen LogP contribution in [0.25, 0.3) is 0 Å². The maximum Gasteiger partial charge on any atom is 0.241 e. The Labute approximate surface area is 133 Å². The Morgan fingerprint density at radius 2 is 1.84 bits per heavy atom. The molecule has 0 aliphatic carbocycles. The molecule has 112 valence electrons. The molecule has 0 spiro atoms. The second kappa shape index (κ2) is 9.39. The minimum absolute atomic E-state index is 0. The summed E-state index contributed by atoms with van der Waals surface area (Å²) in [5, 5.41) is 6.36. The Morgan fingerprint density at radius 3 is 2.32 bits per heavy atom. The van der Waals surface area contributed by atoms with Gasteiger partial charge in [0.2, 0.25) is 5.91 Å². The number of carbonyl (C=O) groups excluding carboxylic acids is 1. The van der Waals surface area contributed by atoms with Gasteiger partial charge >= 0.3 is 0 Å². The molecule has 1 atom stereocenters. The van der Waals surface area contributed by atoms with Crippen LogP contribution in [0.3, 0.4) is 0 Å². The highest BCUT2D eigenvalue weighted by Gasteiger charge is 2.18. The Bertz CT molecular complexity index is 301. The second-order valence-electron chi connectivity index (χ2n) is 5.19. The van der Waals surface area contributed by atoms with Gasteiger partial charge in [-0.2, -0.15) is 0 Å². The van der Waals surface area contributed by atoms with Crippen LogP contribution in [0.15, 0.2) is 4.99 Å². The lowest BCUT2D eigenvalue weighted by Gasteiger charge is -2.21. The van der Waals surface area contributed by atoms with Gasteiger partial charge in [0.15, 0.2) is 5.96 Å². The van der Waals surface area contributed by atoms with Crippen molar-refractivity contribution >= 4 is 35.8 Å². The highest BCUT2D eigenvalue weighted by atomic mass is 127. The fourth-order valence-electron chi connectivity index (χ4n) is 1.81. The van der Waals surface area contributed by atoms with Crippen molar-refractivity contribution in [2.45, 2.75) is 39.7 Å². The maximum absolute atomic E-state index is 11.9. The first kappa shape index (κ1) is 18.5. The number of carbonyl (C=O) groups is 1. The Morgan fingerprint density at radius 1 is 1.26 bits per heavy atom. The van der Waals surface area contributed by atoms with Crippen molar-refractivity contribution < 1.29 is 4.79 Å². The molecule has 1 aliphatic heterocycles. The van der Waals surface area contributed by atoms with E-state index in [1.54, 1.807) is 7.05 Å². The van der Waals surface area contributed by atoms with Crippen LogP contribution in [-0.4, -0.2) is 49.5 Å². The minimum Gasteiger partial charge on any atom is -0.354 e. The third-order valence-corrected chi connectivity index (χ3v) is 3.45. The van der Waals surface area contributed by atoms with Crippen LogP contribution in [0.1, 0.15) is 33.6 Å². The van der Waals surface area contributed by atoms with Gasteiger partial charge in [-0.3, -0.25) is 9.79 Å². The molecule has 0 bridgehead atoms. The second-order valence-corrected chi connectivity index (χ2v) is 5.19. The number of amides is 1. The Kier molecular flexibility index (Phi) is 9.12. The first-order valence-electron chi connectivity index (χ1n) is 6.79. The van der Waals surface area contributed by atoms with Crippen molar-refractivity contribution in [3.63, 3.8) is 0 Å². The number of guanidine groups is 1. The molecular weight excluding hydrogens is 355 g/mol. The molecule has 0 saturated carbocycles. The van der Waals surface area contributed by atoms with E-state index in [9.17, 15) is 4.79 Å². The summed E-state index contributed by atoms with van der Waals surface area (Å²) in [6.45, 7) is 8.54. The SMILES string of the molecule is CN=C(NCC(=O)N1CCCC1)NC(C)C(C)C.I. The van der Waals surface area contributed by atoms with E-state index in [0.717, 1.165) is 25.9 Å². The van der Waals surface area contributed by atoms with Gasteiger partial charge in [0.05, 0.1) is 6.54 Å². The maximum atomic E-state index is 11.9. The van der Waals surface area contributed by atoms with E-state index in [4.69, 9.17) is 0 Å². The summed E-state index contributed by atoms with van der Waals surface area (Å²) in [4.78, 5) is 17.9. The number of rotatable bonds is 4. The molecule has 1 aliphatic rings. The average molecular weight is 382 g/mol. The molecular formula is C13H27IN4O. The molecule has 2 N–H and O–H groups in total. The monoisotopic (exact) mass is 382 g/mol. The van der Waals surface area contributed by atoms with Crippen molar-refractivity contribution in [3.05, 3.63) is 0 Å². The minimum atomic E-state index is 0. The molecule has 1 unspecified atom stereocenters. The molecule has 1 saturated heterocycles. The highest BCUT2D eigenvalue weighted by molar-refractivity contribution is 14.0. The van der Waals surface area contributed by atoms with Crippen molar-refractivity contribution in [3.8, 4) is 0 Å². The number of nitrogens with zero attached hydrogens (tertiary/aromatic N) is 2. The van der Waals surface area contributed by atoms with Gasteiger partial charge in [-0.05, 0) is 25.7 Å². The smallest absolute Gasteiger partial charge is 0.241 e. The van der Waals surface area contributed by atoms with Gasteiger partial charge < -0.3 is 15.5 Å². The van der Waals surface area contributed by atoms with Crippen molar-refractivity contribution in [2.75, 3.05) is 26.7 Å². The lowest BCUT2D eigenvalue weighted by molar-refractivity contribution is -0.128. The highest BCUT2D eigenvalue weighted by Crippen LogP contribution is 2.06. The van der Waals surface area contributed by atoms with Crippen molar-refractivity contribution in [1.29, 1.82) is 0 Å². The molecule has 5 nitrogen and oxygen atoms in total. The zero-order valence-corrected chi connectivity index (χ0v) is 14.7. The molecule has 1 amide bonds. The van der Waals surface area contributed by atoms with E-state index in [2.05, 4.69) is 36.4 Å². The summed E-state index contributed by atoms with van der Waals surface area (Å²) >= 11 is 0. The van der Waals surface area contributed by atoms with Crippen LogP contribution >= 0.6 is 24.0 Å². The van der Waals surface area contributed by atoms with Crippen LogP contribution in [0.4, 0.5) is 0 Å². The van der Waals surface area contributed by atoms with E-state index < -0.39 is 0 Å². The number of hydrogen-bond acceptors (Lipinski definition) is 2. The number of nitrogens with one attached hydrogen (secondary N) is 2. The van der Waals surface area contributed by atoms with Gasteiger partial charge in [0, 0.05) is 26.2 Å². The molecule has 19 heavy (non-hydrogen) atoms. The van der Waals surface area contributed by atoms with Crippen LogP contribution in [0.5, 0.6) is 0 Å². The number of halogens is 1. The summed E-state index contributed by atoms with van der Waals surface area (Å²) in [7, 11) is 1.72. The summed E-state index contributed by atoms with van der Waals surface area (Å²) in [5.74, 6) is 1.38. The van der Waals surface area contributed by atoms with E-state index in [1.165, 1.54) is 0 Å². The van der Waals surface area contributed by atoms with Crippen LogP contribution < -0.4 is 10.6 Å². The fraction of sp³-hybridized carbons (Fsp3) is 0.846. The largest absolute Gasteiger partial charge is 0.354 e. The zero-order chi connectivity index (χ0) is 13.5. The van der Waals surface area contributed by atoms with Crippen molar-refractivity contribution in [2.24, 2.45) is 10.9 Å². The topological polar surface area (TPSA) is 56.7 Å². The molecule has 1 fully saturated rings. The van der Waals surface area contributed by atoms with Crippen LogP contribution in [0.2, 0.25) is 0 Å². The first-order valence-corrected chi connectivity index (χ1v) is 6.79. The molecule has 0 aromatic heterocycles.